The first-order valence-corrected chi connectivity index (χ1v) is 7.24. The van der Waals surface area contributed by atoms with Crippen molar-refractivity contribution in [2.45, 2.75) is 50.9 Å². The largest absolute Gasteiger partial charge is 0.384 e. The molecule has 1 unspecified atom stereocenters. The third kappa shape index (κ3) is 2.16. The number of fused-ring (bicyclic) bond motifs is 1. The van der Waals surface area contributed by atoms with Gasteiger partial charge in [0.05, 0.1) is 0 Å². The van der Waals surface area contributed by atoms with Crippen LogP contribution in [0.2, 0.25) is 0 Å². The smallest absolute Gasteiger partial charge is 0.140 e. The number of benzene rings is 1. The second-order valence-corrected chi connectivity index (χ2v) is 5.53. The summed E-state index contributed by atoms with van der Waals surface area (Å²) >= 11 is 0. The molecule has 96 valence electrons. The van der Waals surface area contributed by atoms with Crippen molar-refractivity contribution in [3.63, 3.8) is 0 Å². The minimum atomic E-state index is 0.144. The Morgan fingerprint density at radius 1 is 1.06 bits per heavy atom. The molecule has 1 aliphatic carbocycles. The van der Waals surface area contributed by atoms with Gasteiger partial charge >= 0.3 is 0 Å². The summed E-state index contributed by atoms with van der Waals surface area (Å²) in [6.45, 7) is 1.02. The molecule has 1 fully saturated rings. The van der Waals surface area contributed by atoms with E-state index >= 15 is 0 Å². The topological polar surface area (TPSA) is 29.1 Å². The van der Waals surface area contributed by atoms with Crippen molar-refractivity contribution in [1.82, 2.24) is 0 Å². The van der Waals surface area contributed by atoms with Crippen LogP contribution in [-0.2, 0) is 11.2 Å². The van der Waals surface area contributed by atoms with E-state index in [1.165, 1.54) is 36.1 Å². The summed E-state index contributed by atoms with van der Waals surface area (Å²) in [5.41, 5.74) is 3.91. The molecule has 1 N–H and O–H groups in total. The molecule has 0 saturated heterocycles. The van der Waals surface area contributed by atoms with Crippen molar-refractivity contribution >= 4 is 11.5 Å². The molecule has 1 saturated carbocycles. The number of para-hydroxylation sites is 1. The van der Waals surface area contributed by atoms with Crippen molar-refractivity contribution in [1.29, 1.82) is 0 Å². The zero-order valence-corrected chi connectivity index (χ0v) is 10.9. The maximum atomic E-state index is 12.3. The van der Waals surface area contributed by atoms with Crippen LogP contribution in [0.15, 0.2) is 18.2 Å². The van der Waals surface area contributed by atoms with Gasteiger partial charge in [0, 0.05) is 24.6 Å². The zero-order chi connectivity index (χ0) is 12.4. The first-order chi connectivity index (χ1) is 8.86. The predicted octanol–water partition coefficient (Wildman–Crippen LogP) is 3.66. The zero-order valence-electron chi connectivity index (χ0n) is 10.9. The van der Waals surface area contributed by atoms with Gasteiger partial charge in [-0.15, -0.1) is 0 Å². The molecule has 18 heavy (non-hydrogen) atoms. The van der Waals surface area contributed by atoms with Crippen molar-refractivity contribution in [2.24, 2.45) is 0 Å². The number of carbonyl (C=O) groups is 1. The number of anilines is 1. The molecule has 2 nitrogen and oxygen atoms in total. The average molecular weight is 243 g/mol. The molecule has 0 amide bonds. The van der Waals surface area contributed by atoms with E-state index in [1.54, 1.807) is 0 Å². The molecule has 1 aromatic rings. The van der Waals surface area contributed by atoms with Crippen molar-refractivity contribution in [2.75, 3.05) is 11.9 Å². The van der Waals surface area contributed by atoms with Crippen LogP contribution in [0.1, 0.15) is 55.6 Å². The van der Waals surface area contributed by atoms with Crippen molar-refractivity contribution in [3.05, 3.63) is 29.3 Å². The monoisotopic (exact) mass is 243 g/mol. The van der Waals surface area contributed by atoms with E-state index < -0.39 is 0 Å². The maximum Gasteiger partial charge on any atom is 0.140 e. The van der Waals surface area contributed by atoms with E-state index in [2.05, 4.69) is 23.5 Å². The lowest BCUT2D eigenvalue weighted by Gasteiger charge is -2.21. The molecule has 0 spiro atoms. The van der Waals surface area contributed by atoms with E-state index in [0.717, 1.165) is 32.2 Å². The number of rotatable bonds is 1. The lowest BCUT2D eigenvalue weighted by atomic mass is 9.83. The average Bonchev–Trinajstić information content (AvgIpc) is 2.83. The SMILES string of the molecule is O=C1CCCCCCC1c1cccc2c1NCC2. The first kappa shape index (κ1) is 11.8. The number of ketones is 1. The molecule has 1 heterocycles. The summed E-state index contributed by atoms with van der Waals surface area (Å²) in [4.78, 5) is 12.3. The fourth-order valence-electron chi connectivity index (χ4n) is 3.32. The van der Waals surface area contributed by atoms with Gasteiger partial charge in [-0.2, -0.15) is 0 Å². The fraction of sp³-hybridized carbons (Fsp3) is 0.562. The van der Waals surface area contributed by atoms with Gasteiger partial charge in [0.2, 0.25) is 0 Å². The first-order valence-electron chi connectivity index (χ1n) is 7.24. The highest BCUT2D eigenvalue weighted by Crippen LogP contribution is 2.36. The van der Waals surface area contributed by atoms with Crippen LogP contribution in [0.25, 0.3) is 0 Å². The van der Waals surface area contributed by atoms with Gasteiger partial charge < -0.3 is 5.32 Å². The summed E-state index contributed by atoms with van der Waals surface area (Å²) in [7, 11) is 0. The summed E-state index contributed by atoms with van der Waals surface area (Å²) in [5, 5.41) is 3.47. The molecule has 1 atom stereocenters. The highest BCUT2D eigenvalue weighted by atomic mass is 16.1. The summed E-state index contributed by atoms with van der Waals surface area (Å²) in [5.74, 6) is 0.600. The Morgan fingerprint density at radius 2 is 1.94 bits per heavy atom. The molecule has 2 heteroatoms. The molecule has 2 aliphatic rings. The van der Waals surface area contributed by atoms with E-state index in [1.807, 2.05) is 0 Å². The molecule has 0 bridgehead atoms. The minimum absolute atomic E-state index is 0.144. The minimum Gasteiger partial charge on any atom is -0.384 e. The van der Waals surface area contributed by atoms with Crippen LogP contribution in [0, 0.1) is 0 Å². The Balaban J connectivity index is 1.92. The standard InChI is InChI=1S/C16H21NO/c18-15-9-4-2-1-3-7-13(15)14-8-5-6-12-10-11-17-16(12)14/h5-6,8,13,17H,1-4,7,9-11H2. The third-order valence-electron chi connectivity index (χ3n) is 4.31. The highest BCUT2D eigenvalue weighted by molar-refractivity contribution is 5.88. The lowest BCUT2D eigenvalue weighted by Crippen LogP contribution is -2.15. The normalized spacial score (nSPS) is 24.0. The Kier molecular flexibility index (Phi) is 3.35. The van der Waals surface area contributed by atoms with E-state index in [0.29, 0.717) is 5.78 Å². The molecule has 1 aromatic carbocycles. The van der Waals surface area contributed by atoms with E-state index in [-0.39, 0.29) is 5.92 Å². The van der Waals surface area contributed by atoms with Gasteiger partial charge in [-0.25, -0.2) is 0 Å². The van der Waals surface area contributed by atoms with Gasteiger partial charge in [-0.05, 0) is 30.4 Å². The summed E-state index contributed by atoms with van der Waals surface area (Å²) in [6, 6.07) is 6.46. The number of hydrogen-bond acceptors (Lipinski definition) is 2. The van der Waals surface area contributed by atoms with Gasteiger partial charge in [0.1, 0.15) is 5.78 Å². The molecule has 3 rings (SSSR count). The third-order valence-corrected chi connectivity index (χ3v) is 4.31. The highest BCUT2D eigenvalue weighted by Gasteiger charge is 2.26. The lowest BCUT2D eigenvalue weighted by molar-refractivity contribution is -0.121. The molecule has 1 aliphatic heterocycles. The van der Waals surface area contributed by atoms with Crippen LogP contribution >= 0.6 is 0 Å². The Hall–Kier alpha value is -1.31. The molecule has 0 aromatic heterocycles. The quantitative estimate of drug-likeness (QED) is 0.815. The van der Waals surface area contributed by atoms with E-state index in [4.69, 9.17) is 0 Å². The van der Waals surface area contributed by atoms with Gasteiger partial charge in [-0.1, -0.05) is 37.5 Å². The van der Waals surface area contributed by atoms with Crippen LogP contribution in [0.5, 0.6) is 0 Å². The molecular formula is C16H21NO. The molecule has 0 radical (unpaired) electrons. The Bertz CT molecular complexity index is 452. The molecular weight excluding hydrogens is 222 g/mol. The Morgan fingerprint density at radius 3 is 2.89 bits per heavy atom. The number of carbonyl (C=O) groups excluding carboxylic acids is 1. The summed E-state index contributed by atoms with van der Waals surface area (Å²) < 4.78 is 0. The predicted molar refractivity (Wildman–Crippen MR) is 74.1 cm³/mol. The van der Waals surface area contributed by atoms with Crippen molar-refractivity contribution in [3.8, 4) is 0 Å². The number of nitrogens with one attached hydrogen (secondary N) is 1. The second-order valence-electron chi connectivity index (χ2n) is 5.53. The van der Waals surface area contributed by atoms with Crippen LogP contribution in [0.4, 0.5) is 5.69 Å². The van der Waals surface area contributed by atoms with Crippen LogP contribution in [-0.4, -0.2) is 12.3 Å². The van der Waals surface area contributed by atoms with Crippen molar-refractivity contribution < 1.29 is 4.79 Å². The van der Waals surface area contributed by atoms with Gasteiger partial charge in [-0.3, -0.25) is 4.79 Å². The second kappa shape index (κ2) is 5.13. The summed E-state index contributed by atoms with van der Waals surface area (Å²) in [6.07, 6.45) is 7.70. The fourth-order valence-corrected chi connectivity index (χ4v) is 3.32. The Labute approximate surface area is 109 Å². The number of Topliss-reactive ketones (excluding diaryl/α,β-unsaturated/α-hetero) is 1. The van der Waals surface area contributed by atoms with Crippen LogP contribution in [0.3, 0.4) is 0 Å². The van der Waals surface area contributed by atoms with Gasteiger partial charge in [0.15, 0.2) is 0 Å². The van der Waals surface area contributed by atoms with Crippen LogP contribution < -0.4 is 5.32 Å². The number of hydrogen-bond donors (Lipinski definition) is 1. The maximum absolute atomic E-state index is 12.3. The van der Waals surface area contributed by atoms with Gasteiger partial charge in [0.25, 0.3) is 0 Å². The van der Waals surface area contributed by atoms with E-state index in [9.17, 15) is 4.79 Å².